The number of aryl methyl sites for hydroxylation is 1. The number of hydrogen-bond acceptors (Lipinski definition) is 4. The average Bonchev–Trinajstić information content (AvgIpc) is 3.25. The zero-order chi connectivity index (χ0) is 17.8. The van der Waals surface area contributed by atoms with E-state index >= 15 is 0 Å². The van der Waals surface area contributed by atoms with Gasteiger partial charge in [-0.2, -0.15) is 5.10 Å². The van der Waals surface area contributed by atoms with E-state index in [9.17, 15) is 4.79 Å². The van der Waals surface area contributed by atoms with Crippen LogP contribution in [0.25, 0.3) is 0 Å². The second kappa shape index (κ2) is 10.7. The molecular weight excluding hydrogens is 385 g/mol. The van der Waals surface area contributed by atoms with Crippen molar-refractivity contribution in [2.24, 2.45) is 7.05 Å². The molecule has 1 amide bonds. The fraction of sp³-hybridized carbons (Fsp3) is 0.474. The Balaban J connectivity index is 0.00000182. The van der Waals surface area contributed by atoms with Gasteiger partial charge < -0.3 is 10.6 Å². The molecular formula is C19H29Cl2N5O. The predicted molar refractivity (Wildman–Crippen MR) is 112 cm³/mol. The van der Waals surface area contributed by atoms with Gasteiger partial charge in [0.15, 0.2) is 0 Å². The molecule has 2 heterocycles. The molecule has 150 valence electrons. The molecule has 2 aromatic rings. The molecule has 0 radical (unpaired) electrons. The van der Waals surface area contributed by atoms with Crippen LogP contribution in [0.5, 0.6) is 0 Å². The molecule has 0 spiro atoms. The number of carbonyl (C=O) groups is 1. The Labute approximate surface area is 173 Å². The average molecular weight is 414 g/mol. The highest BCUT2D eigenvalue weighted by molar-refractivity contribution is 5.85. The summed E-state index contributed by atoms with van der Waals surface area (Å²) >= 11 is 0. The molecule has 0 aliphatic carbocycles. The zero-order valence-electron chi connectivity index (χ0n) is 16.0. The number of carbonyl (C=O) groups excluding carboxylic acids is 1. The van der Waals surface area contributed by atoms with Gasteiger partial charge in [-0.05, 0) is 26.0 Å². The van der Waals surface area contributed by atoms with Gasteiger partial charge in [0.05, 0.1) is 6.20 Å². The molecule has 1 aliphatic rings. The molecule has 3 unspecified atom stereocenters. The third-order valence-electron chi connectivity index (χ3n) is 5.00. The summed E-state index contributed by atoms with van der Waals surface area (Å²) in [5.74, 6) is 0.00899. The second-order valence-electron chi connectivity index (χ2n) is 6.74. The maximum atomic E-state index is 12.7. The van der Waals surface area contributed by atoms with Crippen LogP contribution in [0.1, 0.15) is 36.6 Å². The summed E-state index contributed by atoms with van der Waals surface area (Å²) in [4.78, 5) is 15.1. The first-order valence-corrected chi connectivity index (χ1v) is 8.83. The van der Waals surface area contributed by atoms with Gasteiger partial charge in [-0.15, -0.1) is 24.8 Å². The Kier molecular flexibility index (Phi) is 9.26. The normalized spacial score (nSPS) is 18.9. The number of halogens is 2. The number of hydrogen-bond donors (Lipinski definition) is 2. The molecule has 27 heavy (non-hydrogen) atoms. The SMILES string of the molecule is CNC(C(=O)NC1CCN(C(C)c2ccccc2)C1)c1cnn(C)c1.Cl.Cl. The number of nitrogens with one attached hydrogen (secondary N) is 2. The van der Waals surface area contributed by atoms with E-state index in [2.05, 4.69) is 51.8 Å². The lowest BCUT2D eigenvalue weighted by Gasteiger charge is -2.25. The van der Waals surface area contributed by atoms with E-state index in [0.717, 1.165) is 25.1 Å². The molecule has 1 aliphatic heterocycles. The standard InChI is InChI=1S/C19H27N5O.2ClH/c1-14(15-7-5-4-6-8-15)24-10-9-17(13-24)22-19(25)18(20-2)16-11-21-23(3)12-16;;/h4-8,11-12,14,17-18,20H,9-10,13H2,1-3H3,(H,22,25);2*1H. The van der Waals surface area contributed by atoms with Crippen LogP contribution < -0.4 is 10.6 Å². The van der Waals surface area contributed by atoms with E-state index in [1.807, 2.05) is 19.3 Å². The van der Waals surface area contributed by atoms with Crippen molar-refractivity contribution in [1.29, 1.82) is 0 Å². The molecule has 2 N–H and O–H groups in total. The van der Waals surface area contributed by atoms with Crippen LogP contribution in [0.3, 0.4) is 0 Å². The highest BCUT2D eigenvalue weighted by Gasteiger charge is 2.30. The van der Waals surface area contributed by atoms with Gasteiger partial charge >= 0.3 is 0 Å². The monoisotopic (exact) mass is 413 g/mol. The highest BCUT2D eigenvalue weighted by atomic mass is 35.5. The van der Waals surface area contributed by atoms with Gasteiger partial charge in [-0.1, -0.05) is 30.3 Å². The summed E-state index contributed by atoms with van der Waals surface area (Å²) in [7, 11) is 3.66. The van der Waals surface area contributed by atoms with Crippen molar-refractivity contribution >= 4 is 30.7 Å². The van der Waals surface area contributed by atoms with E-state index in [4.69, 9.17) is 0 Å². The van der Waals surface area contributed by atoms with Gasteiger partial charge in [0, 0.05) is 44.0 Å². The summed E-state index contributed by atoms with van der Waals surface area (Å²) in [6.45, 7) is 4.11. The van der Waals surface area contributed by atoms with Gasteiger partial charge in [0.25, 0.3) is 0 Å². The fourth-order valence-corrected chi connectivity index (χ4v) is 3.52. The number of likely N-dealkylation sites (tertiary alicyclic amines) is 1. The predicted octanol–water partition coefficient (Wildman–Crippen LogP) is 2.48. The van der Waals surface area contributed by atoms with E-state index in [0.29, 0.717) is 6.04 Å². The Hall–Kier alpha value is -1.60. The lowest BCUT2D eigenvalue weighted by Crippen LogP contribution is -2.43. The maximum absolute atomic E-state index is 12.7. The first kappa shape index (κ1) is 23.4. The Bertz CT molecular complexity index is 709. The van der Waals surface area contributed by atoms with Crippen LogP contribution in [0.2, 0.25) is 0 Å². The molecule has 1 saturated heterocycles. The highest BCUT2D eigenvalue weighted by Crippen LogP contribution is 2.24. The second-order valence-corrected chi connectivity index (χ2v) is 6.74. The van der Waals surface area contributed by atoms with E-state index in [1.165, 1.54) is 5.56 Å². The molecule has 1 aromatic carbocycles. The molecule has 0 bridgehead atoms. The summed E-state index contributed by atoms with van der Waals surface area (Å²) in [6.07, 6.45) is 4.59. The Morgan fingerprint density at radius 2 is 1.93 bits per heavy atom. The van der Waals surface area contributed by atoms with Gasteiger partial charge in [0.2, 0.25) is 5.91 Å². The number of nitrogens with zero attached hydrogens (tertiary/aromatic N) is 3. The van der Waals surface area contributed by atoms with Crippen molar-refractivity contribution in [1.82, 2.24) is 25.3 Å². The lowest BCUT2D eigenvalue weighted by molar-refractivity contribution is -0.123. The first-order chi connectivity index (χ1) is 12.1. The number of likely N-dealkylation sites (N-methyl/N-ethyl adjacent to an activating group) is 1. The van der Waals surface area contributed by atoms with E-state index < -0.39 is 0 Å². The molecule has 0 saturated carbocycles. The minimum absolute atomic E-state index is 0. The number of amides is 1. The minimum atomic E-state index is -0.366. The molecule has 1 fully saturated rings. The van der Waals surface area contributed by atoms with Crippen molar-refractivity contribution < 1.29 is 4.79 Å². The van der Waals surface area contributed by atoms with Gasteiger partial charge in [-0.3, -0.25) is 14.4 Å². The van der Waals surface area contributed by atoms with Crippen LogP contribution >= 0.6 is 24.8 Å². The summed E-state index contributed by atoms with van der Waals surface area (Å²) in [5, 5.41) is 10.4. The zero-order valence-corrected chi connectivity index (χ0v) is 17.6. The topological polar surface area (TPSA) is 62.2 Å². The summed E-state index contributed by atoms with van der Waals surface area (Å²) < 4.78 is 1.71. The number of benzene rings is 1. The van der Waals surface area contributed by atoms with Crippen molar-refractivity contribution in [3.63, 3.8) is 0 Å². The third-order valence-corrected chi connectivity index (χ3v) is 5.00. The first-order valence-electron chi connectivity index (χ1n) is 8.83. The summed E-state index contributed by atoms with van der Waals surface area (Å²) in [6, 6.07) is 10.7. The van der Waals surface area contributed by atoms with Crippen molar-refractivity contribution in [3.05, 3.63) is 53.9 Å². The van der Waals surface area contributed by atoms with E-state index in [-0.39, 0.29) is 42.8 Å². The minimum Gasteiger partial charge on any atom is -0.350 e. The quantitative estimate of drug-likeness (QED) is 0.763. The third kappa shape index (κ3) is 5.69. The van der Waals surface area contributed by atoms with Crippen molar-refractivity contribution in [3.8, 4) is 0 Å². The summed E-state index contributed by atoms with van der Waals surface area (Å²) in [5.41, 5.74) is 2.20. The Morgan fingerprint density at radius 1 is 1.22 bits per heavy atom. The van der Waals surface area contributed by atoms with Crippen LogP contribution in [-0.4, -0.2) is 46.8 Å². The number of rotatable bonds is 6. The molecule has 6 nitrogen and oxygen atoms in total. The van der Waals surface area contributed by atoms with E-state index in [1.54, 1.807) is 17.9 Å². The van der Waals surface area contributed by atoms with Gasteiger partial charge in [-0.25, -0.2) is 0 Å². The van der Waals surface area contributed by atoms with Crippen molar-refractivity contribution in [2.45, 2.75) is 31.5 Å². The molecule has 8 heteroatoms. The maximum Gasteiger partial charge on any atom is 0.242 e. The largest absolute Gasteiger partial charge is 0.350 e. The van der Waals surface area contributed by atoms with Gasteiger partial charge in [0.1, 0.15) is 6.04 Å². The lowest BCUT2D eigenvalue weighted by atomic mass is 10.1. The fourth-order valence-electron chi connectivity index (χ4n) is 3.52. The van der Waals surface area contributed by atoms with Crippen molar-refractivity contribution in [2.75, 3.05) is 20.1 Å². The van der Waals surface area contributed by atoms with Crippen LogP contribution in [0, 0.1) is 0 Å². The smallest absolute Gasteiger partial charge is 0.242 e. The molecule has 3 atom stereocenters. The van der Waals surface area contributed by atoms with Crippen LogP contribution in [0.15, 0.2) is 42.7 Å². The van der Waals surface area contributed by atoms with Crippen LogP contribution in [0.4, 0.5) is 0 Å². The number of aromatic nitrogens is 2. The van der Waals surface area contributed by atoms with Crippen LogP contribution in [-0.2, 0) is 11.8 Å². The Morgan fingerprint density at radius 3 is 2.52 bits per heavy atom. The molecule has 1 aromatic heterocycles. The molecule has 3 rings (SSSR count).